The first-order chi connectivity index (χ1) is 8.69. The number of methoxy groups -OCH3 is 1. The van der Waals surface area contributed by atoms with Gasteiger partial charge in [-0.3, -0.25) is 4.79 Å². The fraction of sp³-hybridized carbons (Fsp3) is 0.462. The molecule has 0 aromatic heterocycles. The fourth-order valence-electron chi connectivity index (χ4n) is 2.11. The summed E-state index contributed by atoms with van der Waals surface area (Å²) in [4.78, 5) is 11.8. The molecule has 1 unspecified atom stereocenters. The third-order valence-corrected chi connectivity index (χ3v) is 3.65. The smallest absolute Gasteiger partial charge is 0.225 e. The number of carbonyl (C=O) groups is 1. The molecule has 1 atom stereocenters. The van der Waals surface area contributed by atoms with Crippen molar-refractivity contribution < 1.29 is 9.53 Å². The number of halogens is 2. The van der Waals surface area contributed by atoms with Crippen LogP contribution in [-0.4, -0.2) is 25.6 Å². The lowest BCUT2D eigenvalue weighted by Gasteiger charge is -2.11. The van der Waals surface area contributed by atoms with E-state index < -0.39 is 0 Å². The van der Waals surface area contributed by atoms with Crippen LogP contribution in [0.1, 0.15) is 19.3 Å². The normalized spacial score (nSPS) is 17.7. The Balaban J connectivity index is 0.00000180. The van der Waals surface area contributed by atoms with E-state index in [-0.39, 0.29) is 18.3 Å². The van der Waals surface area contributed by atoms with Gasteiger partial charge in [0.05, 0.1) is 11.6 Å². The number of ether oxygens (including phenoxy) is 1. The van der Waals surface area contributed by atoms with Crippen LogP contribution in [0.4, 0.5) is 5.69 Å². The summed E-state index contributed by atoms with van der Waals surface area (Å²) in [6.07, 6.45) is 2.77. The van der Waals surface area contributed by atoms with Gasteiger partial charge in [-0.25, -0.2) is 0 Å². The van der Waals surface area contributed by atoms with Crippen molar-refractivity contribution in [2.75, 3.05) is 19.0 Å². The molecule has 0 saturated carbocycles. The average Bonchev–Trinajstić information content (AvgIpc) is 2.82. The molecule has 2 N–H and O–H groups in total. The zero-order valence-electron chi connectivity index (χ0n) is 10.7. The van der Waals surface area contributed by atoms with E-state index in [4.69, 9.17) is 4.74 Å². The van der Waals surface area contributed by atoms with Crippen molar-refractivity contribution in [1.82, 2.24) is 5.32 Å². The molecule has 1 fully saturated rings. The van der Waals surface area contributed by atoms with E-state index in [0.29, 0.717) is 12.5 Å². The molecule has 0 spiro atoms. The van der Waals surface area contributed by atoms with Crippen molar-refractivity contribution in [3.8, 4) is 5.75 Å². The van der Waals surface area contributed by atoms with Crippen molar-refractivity contribution in [3.63, 3.8) is 0 Å². The Morgan fingerprint density at radius 2 is 2.37 bits per heavy atom. The Kier molecular flexibility index (Phi) is 6.62. The highest BCUT2D eigenvalue weighted by molar-refractivity contribution is 9.10. The molecule has 2 rings (SSSR count). The predicted octanol–water partition coefficient (Wildman–Crippen LogP) is 2.96. The molecular formula is C13H18BrClN2O2. The molecule has 1 saturated heterocycles. The van der Waals surface area contributed by atoms with Crippen LogP contribution in [0, 0.1) is 0 Å². The van der Waals surface area contributed by atoms with Crippen LogP contribution >= 0.6 is 28.3 Å². The SMILES string of the molecule is COc1ccc(NC(=O)CC2CCCN2)cc1Br.Cl. The summed E-state index contributed by atoms with van der Waals surface area (Å²) in [5, 5.41) is 6.21. The fourth-order valence-corrected chi connectivity index (χ4v) is 2.65. The number of benzene rings is 1. The van der Waals surface area contributed by atoms with Crippen LogP contribution in [0.25, 0.3) is 0 Å². The first-order valence-corrected chi connectivity index (χ1v) is 6.85. The average molecular weight is 350 g/mol. The van der Waals surface area contributed by atoms with Crippen molar-refractivity contribution in [2.45, 2.75) is 25.3 Å². The number of amides is 1. The van der Waals surface area contributed by atoms with E-state index in [2.05, 4.69) is 26.6 Å². The molecule has 1 amide bonds. The Hall–Kier alpha value is -0.780. The number of rotatable bonds is 4. The van der Waals surface area contributed by atoms with Crippen LogP contribution in [-0.2, 0) is 4.79 Å². The monoisotopic (exact) mass is 348 g/mol. The quantitative estimate of drug-likeness (QED) is 0.878. The molecule has 0 radical (unpaired) electrons. The second kappa shape index (κ2) is 7.72. The lowest BCUT2D eigenvalue weighted by atomic mass is 10.1. The zero-order valence-corrected chi connectivity index (χ0v) is 13.1. The number of hydrogen-bond donors (Lipinski definition) is 2. The molecule has 1 aromatic rings. The molecule has 6 heteroatoms. The number of nitrogens with one attached hydrogen (secondary N) is 2. The second-order valence-electron chi connectivity index (χ2n) is 4.39. The molecule has 0 aliphatic carbocycles. The summed E-state index contributed by atoms with van der Waals surface area (Å²) in [5.41, 5.74) is 0.783. The van der Waals surface area contributed by atoms with E-state index in [1.165, 1.54) is 0 Å². The molecule has 19 heavy (non-hydrogen) atoms. The Bertz CT molecular complexity index is 437. The highest BCUT2D eigenvalue weighted by atomic mass is 79.9. The molecule has 1 aliphatic heterocycles. The van der Waals surface area contributed by atoms with Gasteiger partial charge < -0.3 is 15.4 Å². The topological polar surface area (TPSA) is 50.4 Å². The van der Waals surface area contributed by atoms with E-state index in [0.717, 1.165) is 35.3 Å². The molecule has 106 valence electrons. The molecule has 1 aromatic carbocycles. The number of carbonyl (C=O) groups excluding carboxylic acids is 1. The second-order valence-corrected chi connectivity index (χ2v) is 5.25. The first kappa shape index (κ1) is 16.3. The Morgan fingerprint density at radius 3 is 2.95 bits per heavy atom. The number of anilines is 1. The lowest BCUT2D eigenvalue weighted by molar-refractivity contribution is -0.116. The van der Waals surface area contributed by atoms with Crippen molar-refractivity contribution in [3.05, 3.63) is 22.7 Å². The largest absolute Gasteiger partial charge is 0.496 e. The Labute approximate surface area is 127 Å². The molecule has 0 bridgehead atoms. The van der Waals surface area contributed by atoms with Gasteiger partial charge in [-0.15, -0.1) is 12.4 Å². The minimum atomic E-state index is 0. The van der Waals surface area contributed by atoms with Crippen molar-refractivity contribution in [2.24, 2.45) is 0 Å². The first-order valence-electron chi connectivity index (χ1n) is 6.06. The summed E-state index contributed by atoms with van der Waals surface area (Å²) in [6.45, 7) is 1.02. The summed E-state index contributed by atoms with van der Waals surface area (Å²) < 4.78 is 5.98. The maximum atomic E-state index is 11.8. The number of hydrogen-bond acceptors (Lipinski definition) is 3. The molecular weight excluding hydrogens is 332 g/mol. The highest BCUT2D eigenvalue weighted by Crippen LogP contribution is 2.27. The van der Waals surface area contributed by atoms with Gasteiger partial charge in [-0.05, 0) is 53.5 Å². The van der Waals surface area contributed by atoms with Gasteiger partial charge in [0.2, 0.25) is 5.91 Å². The van der Waals surface area contributed by atoms with Crippen molar-refractivity contribution in [1.29, 1.82) is 0 Å². The van der Waals surface area contributed by atoms with Gasteiger partial charge >= 0.3 is 0 Å². The maximum absolute atomic E-state index is 11.8. The zero-order chi connectivity index (χ0) is 13.0. The maximum Gasteiger partial charge on any atom is 0.225 e. The summed E-state index contributed by atoms with van der Waals surface area (Å²) in [7, 11) is 1.62. The van der Waals surface area contributed by atoms with Crippen LogP contribution < -0.4 is 15.4 Å². The van der Waals surface area contributed by atoms with Gasteiger partial charge in [0.25, 0.3) is 0 Å². The lowest BCUT2D eigenvalue weighted by Crippen LogP contribution is -2.27. The van der Waals surface area contributed by atoms with Gasteiger partial charge in [-0.1, -0.05) is 0 Å². The van der Waals surface area contributed by atoms with Crippen LogP contribution in [0.5, 0.6) is 5.75 Å². The van der Waals surface area contributed by atoms with E-state index in [1.807, 2.05) is 18.2 Å². The molecule has 1 aliphatic rings. The standard InChI is InChI=1S/C13H17BrN2O2.ClH/c1-18-12-5-4-10(7-11(12)14)16-13(17)8-9-3-2-6-15-9;/h4-5,7,9,15H,2-3,6,8H2,1H3,(H,16,17);1H. The van der Waals surface area contributed by atoms with Gasteiger partial charge in [-0.2, -0.15) is 0 Å². The van der Waals surface area contributed by atoms with E-state index in [1.54, 1.807) is 7.11 Å². The summed E-state index contributed by atoms with van der Waals surface area (Å²) >= 11 is 3.40. The highest BCUT2D eigenvalue weighted by Gasteiger charge is 2.17. The summed E-state index contributed by atoms with van der Waals surface area (Å²) in [6, 6.07) is 5.84. The summed E-state index contributed by atoms with van der Waals surface area (Å²) in [5.74, 6) is 0.803. The van der Waals surface area contributed by atoms with Crippen LogP contribution in [0.15, 0.2) is 22.7 Å². The van der Waals surface area contributed by atoms with Crippen molar-refractivity contribution >= 4 is 39.9 Å². The minimum Gasteiger partial charge on any atom is -0.496 e. The molecule has 1 heterocycles. The van der Waals surface area contributed by atoms with E-state index in [9.17, 15) is 4.79 Å². The van der Waals surface area contributed by atoms with Gasteiger partial charge in [0, 0.05) is 18.2 Å². The van der Waals surface area contributed by atoms with E-state index >= 15 is 0 Å². The third kappa shape index (κ3) is 4.67. The van der Waals surface area contributed by atoms with Gasteiger partial charge in [0.15, 0.2) is 0 Å². The van der Waals surface area contributed by atoms with Gasteiger partial charge in [0.1, 0.15) is 5.75 Å². The third-order valence-electron chi connectivity index (χ3n) is 3.03. The van der Waals surface area contributed by atoms with Crippen LogP contribution in [0.3, 0.4) is 0 Å². The predicted molar refractivity (Wildman–Crippen MR) is 82.2 cm³/mol. The molecule has 4 nitrogen and oxygen atoms in total. The van der Waals surface area contributed by atoms with Crippen LogP contribution in [0.2, 0.25) is 0 Å². The minimum absolute atomic E-state index is 0. The Morgan fingerprint density at radius 1 is 1.58 bits per heavy atom.